The third-order valence-electron chi connectivity index (χ3n) is 5.97. The van der Waals surface area contributed by atoms with E-state index in [0.717, 1.165) is 13.1 Å². The van der Waals surface area contributed by atoms with Crippen LogP contribution in [0.3, 0.4) is 0 Å². The fraction of sp³-hybridized carbons (Fsp3) is 0.308. The van der Waals surface area contributed by atoms with Gasteiger partial charge in [0, 0.05) is 23.8 Å². The second kappa shape index (κ2) is 8.36. The summed E-state index contributed by atoms with van der Waals surface area (Å²) in [6, 6.07) is 31.5. The second-order valence-electron chi connectivity index (χ2n) is 8.45. The van der Waals surface area contributed by atoms with E-state index in [1.807, 2.05) is 0 Å². The van der Waals surface area contributed by atoms with Crippen LogP contribution in [0.15, 0.2) is 84.9 Å². The fourth-order valence-electron chi connectivity index (χ4n) is 4.69. The number of benzene rings is 3. The first-order chi connectivity index (χ1) is 13.4. The van der Waals surface area contributed by atoms with E-state index < -0.39 is 8.07 Å². The van der Waals surface area contributed by atoms with Gasteiger partial charge < -0.3 is 4.90 Å². The first-order valence-corrected chi connectivity index (χ1v) is 13.9. The number of nitrogens with zero attached hydrogens (tertiary/aromatic N) is 1. The molecule has 2 heteroatoms. The maximum atomic E-state index is 2.49. The van der Waals surface area contributed by atoms with Crippen LogP contribution < -0.4 is 4.90 Å². The molecule has 0 saturated heterocycles. The topological polar surface area (TPSA) is 3.24 Å². The van der Waals surface area contributed by atoms with E-state index >= 15 is 0 Å². The summed E-state index contributed by atoms with van der Waals surface area (Å²) in [4.78, 5) is 2.41. The van der Waals surface area contributed by atoms with E-state index in [2.05, 4.69) is 123 Å². The van der Waals surface area contributed by atoms with E-state index in [1.165, 1.54) is 22.4 Å². The summed E-state index contributed by atoms with van der Waals surface area (Å²) in [5.41, 5.74) is 5.51. The molecule has 0 N–H and O–H groups in total. The minimum atomic E-state index is -1.73. The van der Waals surface area contributed by atoms with Crippen LogP contribution in [0.25, 0.3) is 0 Å². The normalized spacial score (nSPS) is 12.0. The van der Waals surface area contributed by atoms with Crippen molar-refractivity contribution in [1.82, 2.24) is 0 Å². The van der Waals surface area contributed by atoms with Gasteiger partial charge in [-0.2, -0.15) is 0 Å². The van der Waals surface area contributed by atoms with Gasteiger partial charge in [0.25, 0.3) is 0 Å². The van der Waals surface area contributed by atoms with Crippen molar-refractivity contribution in [3.05, 3.63) is 102 Å². The van der Waals surface area contributed by atoms with Crippen LogP contribution in [0, 0.1) is 0 Å². The highest BCUT2D eigenvalue weighted by molar-refractivity contribution is 6.80. The highest BCUT2D eigenvalue weighted by Gasteiger charge is 2.47. The Balaban J connectivity index is 2.28. The Morgan fingerprint density at radius 2 is 1.00 bits per heavy atom. The predicted octanol–water partition coefficient (Wildman–Crippen LogP) is 6.74. The van der Waals surface area contributed by atoms with Gasteiger partial charge in [-0.3, -0.25) is 0 Å². The zero-order valence-electron chi connectivity index (χ0n) is 17.9. The first-order valence-electron chi connectivity index (χ1n) is 10.4. The van der Waals surface area contributed by atoms with Crippen LogP contribution in [0.1, 0.15) is 30.5 Å². The molecule has 0 aliphatic carbocycles. The third-order valence-corrected chi connectivity index (χ3v) is 9.08. The minimum absolute atomic E-state index is 0.0860. The standard InChI is InChI=1S/C26H33NSi/c1-6-27(7-2)25-20-18-24(19-21-25)26(28(3,4)5,22-14-10-8-11-15-22)23-16-12-9-13-17-23/h8-21H,6-7H2,1-5H3. The monoisotopic (exact) mass is 387 g/mol. The first kappa shape index (κ1) is 20.4. The van der Waals surface area contributed by atoms with Crippen LogP contribution >= 0.6 is 0 Å². The van der Waals surface area contributed by atoms with E-state index in [-0.39, 0.29) is 5.04 Å². The number of hydrogen-bond acceptors (Lipinski definition) is 1. The molecule has 3 aromatic carbocycles. The lowest BCUT2D eigenvalue weighted by molar-refractivity contribution is 0.824. The van der Waals surface area contributed by atoms with Crippen molar-refractivity contribution >= 4 is 13.8 Å². The highest BCUT2D eigenvalue weighted by atomic mass is 28.3. The SMILES string of the molecule is CCN(CC)c1ccc(C(c2ccccc2)(c2ccccc2)[Si](C)(C)C)cc1. The molecule has 0 unspecified atom stereocenters. The minimum Gasteiger partial charge on any atom is -0.372 e. The van der Waals surface area contributed by atoms with Gasteiger partial charge in [0.2, 0.25) is 0 Å². The molecule has 0 amide bonds. The van der Waals surface area contributed by atoms with Gasteiger partial charge >= 0.3 is 0 Å². The summed E-state index contributed by atoms with van der Waals surface area (Å²) in [6.07, 6.45) is 0. The van der Waals surface area contributed by atoms with Gasteiger partial charge in [-0.05, 0) is 42.7 Å². The Morgan fingerprint density at radius 1 is 0.607 bits per heavy atom. The van der Waals surface area contributed by atoms with Crippen LogP contribution in [0.2, 0.25) is 19.6 Å². The summed E-state index contributed by atoms with van der Waals surface area (Å²) in [6.45, 7) is 14.0. The van der Waals surface area contributed by atoms with Gasteiger partial charge in [-0.1, -0.05) is 92.4 Å². The average Bonchev–Trinajstić information content (AvgIpc) is 2.71. The molecule has 0 aliphatic rings. The molecular formula is C26H33NSi. The van der Waals surface area contributed by atoms with E-state index in [0.29, 0.717) is 0 Å². The Bertz CT molecular complexity index is 820. The lowest BCUT2D eigenvalue weighted by atomic mass is 9.83. The molecule has 1 nitrogen and oxygen atoms in total. The molecule has 0 heterocycles. The Hall–Kier alpha value is -2.32. The quantitative estimate of drug-likeness (QED) is 0.320. The lowest BCUT2D eigenvalue weighted by Gasteiger charge is -2.45. The molecule has 28 heavy (non-hydrogen) atoms. The van der Waals surface area contributed by atoms with E-state index in [9.17, 15) is 0 Å². The van der Waals surface area contributed by atoms with E-state index in [4.69, 9.17) is 0 Å². The molecule has 0 bridgehead atoms. The van der Waals surface area contributed by atoms with Gasteiger partial charge in [0.15, 0.2) is 0 Å². The molecule has 146 valence electrons. The Kier molecular flexibility index (Phi) is 6.10. The van der Waals surface area contributed by atoms with Gasteiger partial charge in [-0.25, -0.2) is 0 Å². The lowest BCUT2D eigenvalue weighted by Crippen LogP contribution is -2.51. The fourth-order valence-corrected chi connectivity index (χ4v) is 7.78. The highest BCUT2D eigenvalue weighted by Crippen LogP contribution is 2.46. The molecule has 0 aromatic heterocycles. The second-order valence-corrected chi connectivity index (χ2v) is 13.7. The van der Waals surface area contributed by atoms with Crippen LogP contribution in [-0.4, -0.2) is 21.2 Å². The third kappa shape index (κ3) is 3.54. The molecule has 0 saturated carbocycles. The van der Waals surface area contributed by atoms with Crippen LogP contribution in [0.4, 0.5) is 5.69 Å². The van der Waals surface area contributed by atoms with E-state index in [1.54, 1.807) is 0 Å². The van der Waals surface area contributed by atoms with Crippen molar-refractivity contribution < 1.29 is 0 Å². The summed E-state index contributed by atoms with van der Waals surface area (Å²) in [7, 11) is -1.73. The van der Waals surface area contributed by atoms with Crippen LogP contribution in [0.5, 0.6) is 0 Å². The molecule has 0 aliphatic heterocycles. The zero-order chi connectivity index (χ0) is 20.2. The number of anilines is 1. The van der Waals surface area contributed by atoms with Crippen molar-refractivity contribution in [2.75, 3.05) is 18.0 Å². The maximum Gasteiger partial charge on any atom is 0.0668 e. The van der Waals surface area contributed by atoms with Crippen molar-refractivity contribution in [3.8, 4) is 0 Å². The Morgan fingerprint density at radius 3 is 1.36 bits per heavy atom. The average molecular weight is 388 g/mol. The molecule has 0 radical (unpaired) electrons. The van der Waals surface area contributed by atoms with Crippen molar-refractivity contribution in [2.45, 2.75) is 38.5 Å². The molecule has 3 rings (SSSR count). The molecule has 0 spiro atoms. The Labute approximate surface area is 172 Å². The molecule has 3 aromatic rings. The van der Waals surface area contributed by atoms with Gasteiger partial charge in [-0.15, -0.1) is 0 Å². The van der Waals surface area contributed by atoms with Crippen molar-refractivity contribution in [2.24, 2.45) is 0 Å². The summed E-state index contributed by atoms with van der Waals surface area (Å²) < 4.78 is 0. The maximum absolute atomic E-state index is 2.49. The smallest absolute Gasteiger partial charge is 0.0668 e. The van der Waals surface area contributed by atoms with Crippen LogP contribution in [-0.2, 0) is 5.04 Å². The van der Waals surface area contributed by atoms with Crippen molar-refractivity contribution in [3.63, 3.8) is 0 Å². The number of hydrogen-bond donors (Lipinski definition) is 0. The summed E-state index contributed by atoms with van der Waals surface area (Å²) >= 11 is 0. The largest absolute Gasteiger partial charge is 0.372 e. The number of rotatable bonds is 7. The summed E-state index contributed by atoms with van der Waals surface area (Å²) in [5, 5.41) is -0.0860. The predicted molar refractivity (Wildman–Crippen MR) is 126 cm³/mol. The molecular weight excluding hydrogens is 354 g/mol. The molecule has 0 fully saturated rings. The summed E-state index contributed by atoms with van der Waals surface area (Å²) in [5.74, 6) is 0. The van der Waals surface area contributed by atoms with Gasteiger partial charge in [0.1, 0.15) is 0 Å². The van der Waals surface area contributed by atoms with Gasteiger partial charge in [0.05, 0.1) is 8.07 Å². The molecule has 0 atom stereocenters. The van der Waals surface area contributed by atoms with Crippen molar-refractivity contribution in [1.29, 1.82) is 0 Å². The zero-order valence-corrected chi connectivity index (χ0v) is 18.9.